The van der Waals surface area contributed by atoms with Crippen molar-refractivity contribution in [3.05, 3.63) is 41.7 Å². The molecule has 10 heteroatoms. The minimum Gasteiger partial charge on any atom is -0.475 e. The SMILES string of the molecule is O=C(CC1=CCCCC1)N1CC2(CC(OCc3cccnc3)CCO2)C1.O=C(O)C(F)(F)F. The fraction of sp³-hybridized carbons (Fsp3) is 0.609. The first-order chi connectivity index (χ1) is 15.7. The van der Waals surface area contributed by atoms with Gasteiger partial charge in [-0.15, -0.1) is 0 Å². The molecule has 3 aliphatic rings. The van der Waals surface area contributed by atoms with E-state index in [2.05, 4.69) is 11.1 Å². The summed E-state index contributed by atoms with van der Waals surface area (Å²) in [6, 6.07) is 3.97. The first-order valence-corrected chi connectivity index (χ1v) is 11.1. The fourth-order valence-electron chi connectivity index (χ4n) is 4.24. The summed E-state index contributed by atoms with van der Waals surface area (Å²) in [6.07, 6.45) is 8.09. The van der Waals surface area contributed by atoms with Crippen molar-refractivity contribution in [3.63, 3.8) is 0 Å². The van der Waals surface area contributed by atoms with E-state index in [-0.39, 0.29) is 17.6 Å². The maximum atomic E-state index is 12.5. The van der Waals surface area contributed by atoms with Crippen molar-refractivity contribution in [2.75, 3.05) is 19.7 Å². The summed E-state index contributed by atoms with van der Waals surface area (Å²) in [6.45, 7) is 2.73. The number of hydrogen-bond donors (Lipinski definition) is 1. The lowest BCUT2D eigenvalue weighted by Crippen LogP contribution is -2.67. The molecular formula is C23H29F3N2O5. The number of amides is 1. The van der Waals surface area contributed by atoms with Gasteiger partial charge in [0.2, 0.25) is 5.91 Å². The molecule has 1 aromatic rings. The molecule has 0 bridgehead atoms. The molecule has 2 saturated heterocycles. The lowest BCUT2D eigenvalue weighted by molar-refractivity contribution is -0.202. The first-order valence-electron chi connectivity index (χ1n) is 11.1. The van der Waals surface area contributed by atoms with Crippen LogP contribution in [0.2, 0.25) is 0 Å². The number of hydrogen-bond acceptors (Lipinski definition) is 5. The molecule has 1 N–H and O–H groups in total. The van der Waals surface area contributed by atoms with E-state index in [4.69, 9.17) is 19.4 Å². The van der Waals surface area contributed by atoms with E-state index in [0.717, 1.165) is 31.2 Å². The van der Waals surface area contributed by atoms with Crippen LogP contribution in [0.1, 0.15) is 50.5 Å². The second-order valence-electron chi connectivity index (χ2n) is 8.66. The molecule has 2 fully saturated rings. The van der Waals surface area contributed by atoms with Gasteiger partial charge in [-0.2, -0.15) is 13.2 Å². The number of carboxylic acids is 1. The number of alkyl halides is 3. The average molecular weight is 470 g/mol. The number of halogens is 3. The highest BCUT2D eigenvalue weighted by atomic mass is 19.4. The average Bonchev–Trinajstić information content (AvgIpc) is 2.77. The molecule has 1 amide bonds. The molecule has 1 aromatic heterocycles. The van der Waals surface area contributed by atoms with Crippen LogP contribution >= 0.6 is 0 Å². The highest BCUT2D eigenvalue weighted by Crippen LogP contribution is 2.36. The fourth-order valence-corrected chi connectivity index (χ4v) is 4.24. The summed E-state index contributed by atoms with van der Waals surface area (Å²) in [4.78, 5) is 27.5. The summed E-state index contributed by atoms with van der Waals surface area (Å²) in [5, 5.41) is 7.12. The van der Waals surface area contributed by atoms with E-state index < -0.39 is 12.1 Å². The van der Waals surface area contributed by atoms with Crippen LogP contribution in [0.5, 0.6) is 0 Å². The van der Waals surface area contributed by atoms with Crippen molar-refractivity contribution < 1.29 is 37.3 Å². The largest absolute Gasteiger partial charge is 0.490 e. The molecule has 1 spiro atoms. The van der Waals surface area contributed by atoms with Crippen molar-refractivity contribution in [2.45, 2.75) is 69.4 Å². The Hall–Kier alpha value is -2.46. The maximum Gasteiger partial charge on any atom is 0.490 e. The maximum absolute atomic E-state index is 12.5. The van der Waals surface area contributed by atoms with Crippen LogP contribution in [0.4, 0.5) is 13.2 Å². The summed E-state index contributed by atoms with van der Waals surface area (Å²) in [5.41, 5.74) is 2.23. The number of carbonyl (C=O) groups excluding carboxylic acids is 1. The number of nitrogens with zero attached hydrogens (tertiary/aromatic N) is 2. The van der Waals surface area contributed by atoms with E-state index in [1.165, 1.54) is 18.4 Å². The topological polar surface area (TPSA) is 89.0 Å². The van der Waals surface area contributed by atoms with Crippen molar-refractivity contribution >= 4 is 11.9 Å². The number of aromatic nitrogens is 1. The van der Waals surface area contributed by atoms with Gasteiger partial charge in [0.25, 0.3) is 0 Å². The number of allylic oxidation sites excluding steroid dienone is 1. The van der Waals surface area contributed by atoms with Crippen molar-refractivity contribution in [1.29, 1.82) is 0 Å². The van der Waals surface area contributed by atoms with Crippen LogP contribution in [0.25, 0.3) is 0 Å². The Morgan fingerprint density at radius 2 is 2.06 bits per heavy atom. The molecular weight excluding hydrogens is 441 g/mol. The van der Waals surface area contributed by atoms with Crippen molar-refractivity contribution in [1.82, 2.24) is 9.88 Å². The lowest BCUT2D eigenvalue weighted by Gasteiger charge is -2.53. The third kappa shape index (κ3) is 7.53. The van der Waals surface area contributed by atoms with Crippen molar-refractivity contribution in [3.8, 4) is 0 Å². The van der Waals surface area contributed by atoms with Gasteiger partial charge in [0, 0.05) is 31.8 Å². The molecule has 0 aromatic carbocycles. The molecule has 1 aliphatic carbocycles. The predicted molar refractivity (Wildman–Crippen MR) is 112 cm³/mol. The quantitative estimate of drug-likeness (QED) is 0.657. The van der Waals surface area contributed by atoms with E-state index in [0.29, 0.717) is 32.7 Å². The highest BCUT2D eigenvalue weighted by Gasteiger charge is 2.49. The smallest absolute Gasteiger partial charge is 0.475 e. The van der Waals surface area contributed by atoms with Crippen molar-refractivity contribution in [2.24, 2.45) is 0 Å². The van der Waals surface area contributed by atoms with E-state index in [1.807, 2.05) is 23.2 Å². The molecule has 33 heavy (non-hydrogen) atoms. The summed E-state index contributed by atoms with van der Waals surface area (Å²) in [7, 11) is 0. The third-order valence-corrected chi connectivity index (χ3v) is 5.97. The Balaban J connectivity index is 0.000000383. The summed E-state index contributed by atoms with van der Waals surface area (Å²) in [5.74, 6) is -2.50. The molecule has 0 saturated carbocycles. The lowest BCUT2D eigenvalue weighted by atomic mass is 9.84. The normalized spacial score (nSPS) is 22.0. The van der Waals surface area contributed by atoms with Gasteiger partial charge in [-0.3, -0.25) is 9.78 Å². The zero-order valence-electron chi connectivity index (χ0n) is 18.4. The monoisotopic (exact) mass is 470 g/mol. The first kappa shape index (κ1) is 25.2. The Morgan fingerprint density at radius 1 is 1.30 bits per heavy atom. The number of pyridine rings is 1. The zero-order chi connectivity index (χ0) is 23.9. The summed E-state index contributed by atoms with van der Waals surface area (Å²) >= 11 is 0. The van der Waals surface area contributed by atoms with Gasteiger partial charge < -0.3 is 19.5 Å². The molecule has 7 nitrogen and oxygen atoms in total. The second kappa shape index (κ2) is 11.1. The molecule has 1 unspecified atom stereocenters. The van der Waals surface area contributed by atoms with Gasteiger partial charge in [-0.25, -0.2) is 4.79 Å². The molecule has 2 aliphatic heterocycles. The summed E-state index contributed by atoms with van der Waals surface area (Å²) < 4.78 is 43.9. The van der Waals surface area contributed by atoms with Gasteiger partial charge in [0.15, 0.2) is 0 Å². The Bertz CT molecular complexity index is 838. The Morgan fingerprint density at radius 3 is 2.67 bits per heavy atom. The standard InChI is InChI=1S/C21H28N2O3.C2HF3O2/c24-20(11-17-5-2-1-3-6-17)23-15-21(16-23)12-19(8-10-26-21)25-14-18-7-4-9-22-13-18;3-2(4,5)1(6)7/h4-5,7,9,13,19H,1-3,6,8,10-12,14-16H2;(H,6,7). The van der Waals surface area contributed by atoms with Crippen LogP contribution in [0.15, 0.2) is 36.2 Å². The third-order valence-electron chi connectivity index (χ3n) is 5.97. The Kier molecular flexibility index (Phi) is 8.47. The molecule has 4 rings (SSSR count). The Labute approximate surface area is 190 Å². The zero-order valence-corrected chi connectivity index (χ0v) is 18.4. The highest BCUT2D eigenvalue weighted by molar-refractivity contribution is 5.80. The predicted octanol–water partition coefficient (Wildman–Crippen LogP) is 3.88. The minimum absolute atomic E-state index is 0.186. The van der Waals surface area contributed by atoms with Crippen LogP contribution in [0.3, 0.4) is 0 Å². The molecule has 1 atom stereocenters. The second-order valence-corrected chi connectivity index (χ2v) is 8.66. The van der Waals surface area contributed by atoms with Gasteiger partial charge in [-0.1, -0.05) is 17.7 Å². The van der Waals surface area contributed by atoms with Crippen LogP contribution in [0, 0.1) is 0 Å². The van der Waals surface area contributed by atoms with Crippen LogP contribution in [-0.4, -0.2) is 64.4 Å². The number of rotatable bonds is 5. The van der Waals surface area contributed by atoms with Gasteiger partial charge in [0.1, 0.15) is 5.60 Å². The van der Waals surface area contributed by atoms with Gasteiger partial charge >= 0.3 is 12.1 Å². The van der Waals surface area contributed by atoms with Gasteiger partial charge in [-0.05, 0) is 43.7 Å². The van der Waals surface area contributed by atoms with Gasteiger partial charge in [0.05, 0.1) is 25.8 Å². The minimum atomic E-state index is -5.08. The number of likely N-dealkylation sites (tertiary alicyclic amines) is 1. The number of carboxylic acid groups (broad SMARTS) is 1. The molecule has 3 heterocycles. The molecule has 182 valence electrons. The van der Waals surface area contributed by atoms with Crippen LogP contribution in [-0.2, 0) is 25.7 Å². The van der Waals surface area contributed by atoms with Crippen LogP contribution < -0.4 is 0 Å². The number of carbonyl (C=O) groups is 2. The molecule has 0 radical (unpaired) electrons. The van der Waals surface area contributed by atoms with E-state index in [1.54, 1.807) is 6.20 Å². The number of ether oxygens (including phenoxy) is 2. The van der Waals surface area contributed by atoms with E-state index in [9.17, 15) is 18.0 Å². The van der Waals surface area contributed by atoms with E-state index >= 15 is 0 Å². The number of aliphatic carboxylic acids is 1.